The maximum Gasteiger partial charge on any atom is 0.263 e. The molecule has 4 nitrogen and oxygen atoms in total. The second kappa shape index (κ2) is 7.24. The van der Waals surface area contributed by atoms with Crippen LogP contribution in [0.1, 0.15) is 22.3 Å². The van der Waals surface area contributed by atoms with Gasteiger partial charge in [0.2, 0.25) is 0 Å². The van der Waals surface area contributed by atoms with Crippen LogP contribution < -0.4 is 9.47 Å². The Kier molecular flexibility index (Phi) is 5.07. The van der Waals surface area contributed by atoms with Gasteiger partial charge < -0.3 is 18.9 Å². The second-order valence-electron chi connectivity index (χ2n) is 6.25. The summed E-state index contributed by atoms with van der Waals surface area (Å²) < 4.78 is 23.6. The van der Waals surface area contributed by atoms with Gasteiger partial charge in [0, 0.05) is 0 Å². The number of hydrogen-bond donors (Lipinski definition) is 0. The fourth-order valence-electron chi connectivity index (χ4n) is 2.58. The van der Waals surface area contributed by atoms with Gasteiger partial charge in [0.25, 0.3) is 12.6 Å². The summed E-state index contributed by atoms with van der Waals surface area (Å²) in [4.78, 5) is 0. The van der Waals surface area contributed by atoms with Crippen molar-refractivity contribution >= 4 is 0 Å². The van der Waals surface area contributed by atoms with Crippen LogP contribution in [0.5, 0.6) is 11.5 Å². The molecule has 2 aromatic carbocycles. The van der Waals surface area contributed by atoms with Crippen LogP contribution in [0.4, 0.5) is 0 Å². The average molecular weight is 328 g/mol. The molecule has 0 amide bonds. The summed E-state index contributed by atoms with van der Waals surface area (Å²) in [6, 6.07) is 12.2. The molecule has 2 atom stereocenters. The lowest BCUT2D eigenvalue weighted by Gasteiger charge is -2.32. The molecule has 3 rings (SSSR count). The first-order valence-corrected chi connectivity index (χ1v) is 8.24. The van der Waals surface area contributed by atoms with E-state index in [1.807, 2.05) is 52.0 Å². The molecule has 0 saturated carbocycles. The predicted octanol–water partition coefficient (Wildman–Crippen LogP) is 4.08. The Balaban J connectivity index is 1.78. The third kappa shape index (κ3) is 3.89. The lowest BCUT2D eigenvalue weighted by atomic mass is 10.1. The summed E-state index contributed by atoms with van der Waals surface area (Å²) in [6.45, 7) is 9.08. The fourth-order valence-corrected chi connectivity index (χ4v) is 2.58. The zero-order chi connectivity index (χ0) is 17.1. The molecule has 0 aromatic heterocycles. The molecule has 0 aliphatic carbocycles. The van der Waals surface area contributed by atoms with E-state index in [0.29, 0.717) is 13.2 Å². The number of benzene rings is 2. The summed E-state index contributed by atoms with van der Waals surface area (Å²) >= 11 is 0. The normalized spacial score (nSPS) is 20.7. The van der Waals surface area contributed by atoms with Gasteiger partial charge in [0.15, 0.2) is 0 Å². The van der Waals surface area contributed by atoms with E-state index in [2.05, 4.69) is 12.1 Å². The maximum absolute atomic E-state index is 6.05. The van der Waals surface area contributed by atoms with Crippen LogP contribution in [-0.2, 0) is 9.47 Å². The highest BCUT2D eigenvalue weighted by Gasteiger charge is 2.31. The smallest absolute Gasteiger partial charge is 0.263 e. The molecule has 128 valence electrons. The van der Waals surface area contributed by atoms with Gasteiger partial charge in [-0.15, -0.1) is 0 Å². The Morgan fingerprint density at radius 2 is 1.12 bits per heavy atom. The van der Waals surface area contributed by atoms with Crippen molar-refractivity contribution in [3.63, 3.8) is 0 Å². The number of ether oxygens (including phenoxy) is 4. The van der Waals surface area contributed by atoms with Crippen molar-refractivity contribution in [2.24, 2.45) is 0 Å². The number of aryl methyl sites for hydroxylation is 4. The fraction of sp³-hybridized carbons (Fsp3) is 0.400. The zero-order valence-corrected chi connectivity index (χ0v) is 14.7. The Morgan fingerprint density at radius 1 is 0.708 bits per heavy atom. The third-order valence-electron chi connectivity index (χ3n) is 4.04. The average Bonchev–Trinajstić information content (AvgIpc) is 2.56. The van der Waals surface area contributed by atoms with Crippen LogP contribution in [0, 0.1) is 27.7 Å². The monoisotopic (exact) mass is 328 g/mol. The molecular formula is C20H24O4. The minimum absolute atomic E-state index is 0.488. The summed E-state index contributed by atoms with van der Waals surface area (Å²) in [5.41, 5.74) is 4.39. The van der Waals surface area contributed by atoms with E-state index in [9.17, 15) is 0 Å². The van der Waals surface area contributed by atoms with Gasteiger partial charge in [0.05, 0.1) is 13.2 Å². The standard InChI is InChI=1S/C20H24O4/c1-13-5-7-15(3)17(11-13)23-19-20(22-10-9-21-19)24-18-12-14(2)6-8-16(18)4/h5-8,11-12,19-20H,9-10H2,1-4H3. The minimum Gasteiger partial charge on any atom is -0.458 e. The van der Waals surface area contributed by atoms with Crippen molar-refractivity contribution in [1.29, 1.82) is 0 Å². The van der Waals surface area contributed by atoms with Crippen LogP contribution in [0.3, 0.4) is 0 Å². The number of rotatable bonds is 4. The van der Waals surface area contributed by atoms with E-state index in [0.717, 1.165) is 33.8 Å². The van der Waals surface area contributed by atoms with Crippen molar-refractivity contribution < 1.29 is 18.9 Å². The first kappa shape index (κ1) is 16.8. The van der Waals surface area contributed by atoms with Crippen LogP contribution in [0.25, 0.3) is 0 Å². The highest BCUT2D eigenvalue weighted by Crippen LogP contribution is 2.26. The predicted molar refractivity (Wildman–Crippen MR) is 92.6 cm³/mol. The molecule has 24 heavy (non-hydrogen) atoms. The molecule has 1 fully saturated rings. The van der Waals surface area contributed by atoms with E-state index in [1.165, 1.54) is 0 Å². The first-order chi connectivity index (χ1) is 11.5. The Hall–Kier alpha value is -2.04. The highest BCUT2D eigenvalue weighted by molar-refractivity contribution is 5.37. The van der Waals surface area contributed by atoms with Gasteiger partial charge in [0.1, 0.15) is 11.5 Å². The van der Waals surface area contributed by atoms with Gasteiger partial charge in [-0.3, -0.25) is 0 Å². The molecule has 1 aliphatic heterocycles. The van der Waals surface area contributed by atoms with Crippen LogP contribution in [-0.4, -0.2) is 25.8 Å². The summed E-state index contributed by atoms with van der Waals surface area (Å²) in [5.74, 6) is 1.58. The van der Waals surface area contributed by atoms with Gasteiger partial charge >= 0.3 is 0 Å². The van der Waals surface area contributed by atoms with Crippen molar-refractivity contribution in [1.82, 2.24) is 0 Å². The van der Waals surface area contributed by atoms with Gasteiger partial charge in [-0.25, -0.2) is 0 Å². The van der Waals surface area contributed by atoms with Crippen molar-refractivity contribution in [3.05, 3.63) is 58.7 Å². The van der Waals surface area contributed by atoms with Gasteiger partial charge in [-0.1, -0.05) is 24.3 Å². The molecule has 0 radical (unpaired) electrons. The second-order valence-corrected chi connectivity index (χ2v) is 6.25. The van der Waals surface area contributed by atoms with E-state index in [1.54, 1.807) is 0 Å². The lowest BCUT2D eigenvalue weighted by molar-refractivity contribution is -0.271. The lowest BCUT2D eigenvalue weighted by Crippen LogP contribution is -2.45. The van der Waals surface area contributed by atoms with E-state index < -0.39 is 12.6 Å². The topological polar surface area (TPSA) is 36.9 Å². The van der Waals surface area contributed by atoms with E-state index in [-0.39, 0.29) is 0 Å². The molecule has 1 saturated heterocycles. The Bertz CT molecular complexity index is 649. The molecule has 0 spiro atoms. The highest BCUT2D eigenvalue weighted by atomic mass is 16.8. The zero-order valence-electron chi connectivity index (χ0n) is 14.7. The van der Waals surface area contributed by atoms with Crippen LogP contribution in [0.2, 0.25) is 0 Å². The Morgan fingerprint density at radius 3 is 1.54 bits per heavy atom. The summed E-state index contributed by atoms with van der Waals surface area (Å²) in [5, 5.41) is 0. The van der Waals surface area contributed by atoms with Crippen LogP contribution in [0.15, 0.2) is 36.4 Å². The van der Waals surface area contributed by atoms with Crippen molar-refractivity contribution in [2.45, 2.75) is 40.3 Å². The molecule has 4 heteroatoms. The van der Waals surface area contributed by atoms with E-state index in [4.69, 9.17) is 18.9 Å². The molecule has 2 unspecified atom stereocenters. The molecule has 1 heterocycles. The molecular weight excluding hydrogens is 304 g/mol. The Labute approximate surface area is 143 Å². The number of hydrogen-bond acceptors (Lipinski definition) is 4. The first-order valence-electron chi connectivity index (χ1n) is 8.24. The van der Waals surface area contributed by atoms with Crippen molar-refractivity contribution in [3.8, 4) is 11.5 Å². The quantitative estimate of drug-likeness (QED) is 0.847. The minimum atomic E-state index is -0.598. The summed E-state index contributed by atoms with van der Waals surface area (Å²) in [6.07, 6.45) is -1.20. The molecule has 2 aromatic rings. The SMILES string of the molecule is Cc1ccc(C)c(OC2OCCOC2Oc2cc(C)ccc2C)c1. The van der Waals surface area contributed by atoms with Gasteiger partial charge in [-0.2, -0.15) is 0 Å². The molecule has 1 aliphatic rings. The van der Waals surface area contributed by atoms with Crippen molar-refractivity contribution in [2.75, 3.05) is 13.2 Å². The largest absolute Gasteiger partial charge is 0.458 e. The van der Waals surface area contributed by atoms with Gasteiger partial charge in [-0.05, 0) is 62.1 Å². The molecule has 0 N–H and O–H groups in total. The van der Waals surface area contributed by atoms with E-state index >= 15 is 0 Å². The van der Waals surface area contributed by atoms with Crippen LogP contribution >= 0.6 is 0 Å². The third-order valence-corrected chi connectivity index (χ3v) is 4.04. The molecule has 0 bridgehead atoms. The maximum atomic E-state index is 6.05. The summed E-state index contributed by atoms with van der Waals surface area (Å²) in [7, 11) is 0.